The Morgan fingerprint density at radius 3 is 2.80 bits per heavy atom. The molecule has 0 aliphatic carbocycles. The predicted octanol–water partition coefficient (Wildman–Crippen LogP) is 4.52. The van der Waals surface area contributed by atoms with Crippen LogP contribution in [0.15, 0.2) is 59.1 Å². The van der Waals surface area contributed by atoms with Crippen molar-refractivity contribution in [1.82, 2.24) is 4.98 Å². The minimum absolute atomic E-state index is 0.108. The average molecular weight is 353 g/mol. The molecule has 0 unspecified atom stereocenters. The molecule has 0 saturated heterocycles. The van der Waals surface area contributed by atoms with Crippen molar-refractivity contribution in [2.45, 2.75) is 19.3 Å². The number of fused-ring (bicyclic) bond motifs is 1. The zero-order valence-electron chi connectivity index (χ0n) is 13.6. The number of anilines is 1. The molecule has 4 nitrogen and oxygen atoms in total. The third-order valence-electron chi connectivity index (χ3n) is 4.42. The minimum Gasteiger partial charge on any atom is -0.441 e. The molecule has 0 saturated carbocycles. The van der Waals surface area contributed by atoms with Crippen LogP contribution in [0.4, 0.5) is 5.69 Å². The molecule has 5 heteroatoms. The molecular formula is C20H17ClN2O2. The first-order valence-corrected chi connectivity index (χ1v) is 8.67. The van der Waals surface area contributed by atoms with Gasteiger partial charge in [0.05, 0.1) is 6.20 Å². The van der Waals surface area contributed by atoms with Crippen LogP contribution in [0, 0.1) is 0 Å². The van der Waals surface area contributed by atoms with Gasteiger partial charge in [0.15, 0.2) is 11.7 Å². The Kier molecular flexibility index (Phi) is 4.28. The second-order valence-electron chi connectivity index (χ2n) is 6.05. The van der Waals surface area contributed by atoms with E-state index in [2.05, 4.69) is 11.1 Å². The Morgan fingerprint density at radius 2 is 1.96 bits per heavy atom. The Labute approximate surface area is 151 Å². The SMILES string of the molecule is O=C(CCc1ncc(-c2ccc(Cl)cc2)o1)N1CCc2ccccc21. The van der Waals surface area contributed by atoms with E-state index >= 15 is 0 Å². The predicted molar refractivity (Wildman–Crippen MR) is 97.8 cm³/mol. The maximum atomic E-state index is 12.5. The molecule has 1 aromatic heterocycles. The van der Waals surface area contributed by atoms with Crippen molar-refractivity contribution in [3.8, 4) is 11.3 Å². The van der Waals surface area contributed by atoms with Crippen molar-refractivity contribution in [3.63, 3.8) is 0 Å². The van der Waals surface area contributed by atoms with E-state index in [0.717, 1.165) is 24.2 Å². The Morgan fingerprint density at radius 1 is 1.16 bits per heavy atom. The summed E-state index contributed by atoms with van der Waals surface area (Å²) in [5.41, 5.74) is 3.18. The van der Waals surface area contributed by atoms with Crippen LogP contribution in [0.3, 0.4) is 0 Å². The lowest BCUT2D eigenvalue weighted by Crippen LogP contribution is -2.29. The summed E-state index contributed by atoms with van der Waals surface area (Å²) < 4.78 is 5.77. The van der Waals surface area contributed by atoms with Gasteiger partial charge in [0.25, 0.3) is 0 Å². The number of oxazole rings is 1. The van der Waals surface area contributed by atoms with Crippen LogP contribution >= 0.6 is 11.6 Å². The van der Waals surface area contributed by atoms with Crippen molar-refractivity contribution >= 4 is 23.2 Å². The lowest BCUT2D eigenvalue weighted by atomic mass is 10.2. The molecule has 4 rings (SSSR count). The van der Waals surface area contributed by atoms with E-state index in [1.807, 2.05) is 47.4 Å². The first-order chi connectivity index (χ1) is 12.2. The first-order valence-electron chi connectivity index (χ1n) is 8.29. The lowest BCUT2D eigenvalue weighted by Gasteiger charge is -2.16. The molecule has 1 amide bonds. The molecular weight excluding hydrogens is 336 g/mol. The number of carbonyl (C=O) groups is 1. The maximum Gasteiger partial charge on any atom is 0.227 e. The quantitative estimate of drug-likeness (QED) is 0.693. The van der Waals surface area contributed by atoms with Crippen LogP contribution < -0.4 is 4.90 Å². The molecule has 0 fully saturated rings. The van der Waals surface area contributed by atoms with Gasteiger partial charge in [-0.2, -0.15) is 0 Å². The highest BCUT2D eigenvalue weighted by molar-refractivity contribution is 6.30. The van der Waals surface area contributed by atoms with Gasteiger partial charge in [0, 0.05) is 35.7 Å². The number of aryl methyl sites for hydroxylation is 1. The molecule has 25 heavy (non-hydrogen) atoms. The van der Waals surface area contributed by atoms with Crippen LogP contribution in [0.5, 0.6) is 0 Å². The molecule has 0 N–H and O–H groups in total. The highest BCUT2D eigenvalue weighted by Gasteiger charge is 2.24. The fraction of sp³-hybridized carbons (Fsp3) is 0.200. The van der Waals surface area contributed by atoms with E-state index in [1.165, 1.54) is 5.56 Å². The highest BCUT2D eigenvalue weighted by Crippen LogP contribution is 2.28. The molecule has 2 heterocycles. The van der Waals surface area contributed by atoms with Crippen LogP contribution in [0.25, 0.3) is 11.3 Å². The number of nitrogens with zero attached hydrogens (tertiary/aromatic N) is 2. The second kappa shape index (κ2) is 6.73. The summed E-state index contributed by atoms with van der Waals surface area (Å²) in [5, 5.41) is 0.681. The van der Waals surface area contributed by atoms with E-state index in [1.54, 1.807) is 6.20 Å². The van der Waals surface area contributed by atoms with Crippen LogP contribution in [-0.2, 0) is 17.6 Å². The number of amides is 1. The van der Waals surface area contributed by atoms with Gasteiger partial charge >= 0.3 is 0 Å². The summed E-state index contributed by atoms with van der Waals surface area (Å²) in [7, 11) is 0. The zero-order chi connectivity index (χ0) is 17.2. The smallest absolute Gasteiger partial charge is 0.227 e. The van der Waals surface area contributed by atoms with Crippen molar-refractivity contribution in [3.05, 3.63) is 71.2 Å². The summed E-state index contributed by atoms with van der Waals surface area (Å²) in [5.74, 6) is 1.37. The van der Waals surface area contributed by atoms with Gasteiger partial charge in [-0.3, -0.25) is 4.79 Å². The molecule has 2 aromatic carbocycles. The van der Waals surface area contributed by atoms with E-state index in [-0.39, 0.29) is 5.91 Å². The third kappa shape index (κ3) is 3.30. The zero-order valence-corrected chi connectivity index (χ0v) is 14.4. The summed E-state index contributed by atoms with van der Waals surface area (Å²) in [4.78, 5) is 18.7. The van der Waals surface area contributed by atoms with Gasteiger partial charge in [0.1, 0.15) is 0 Å². The minimum atomic E-state index is 0.108. The van der Waals surface area contributed by atoms with E-state index < -0.39 is 0 Å². The number of hydrogen-bond donors (Lipinski definition) is 0. The Hall–Kier alpha value is -2.59. The van der Waals surface area contributed by atoms with Crippen molar-refractivity contribution < 1.29 is 9.21 Å². The molecule has 1 aliphatic heterocycles. The maximum absolute atomic E-state index is 12.5. The summed E-state index contributed by atoms with van der Waals surface area (Å²) in [6, 6.07) is 15.5. The van der Waals surface area contributed by atoms with Crippen LogP contribution in [0.1, 0.15) is 17.9 Å². The molecule has 0 radical (unpaired) electrons. The van der Waals surface area contributed by atoms with Gasteiger partial charge in [-0.05, 0) is 42.3 Å². The number of para-hydroxylation sites is 1. The number of rotatable bonds is 4. The average Bonchev–Trinajstić information content (AvgIpc) is 3.27. The van der Waals surface area contributed by atoms with Crippen LogP contribution in [-0.4, -0.2) is 17.4 Å². The van der Waals surface area contributed by atoms with E-state index in [0.29, 0.717) is 29.5 Å². The fourth-order valence-electron chi connectivity index (χ4n) is 3.12. The Bertz CT molecular complexity index is 902. The normalized spacial score (nSPS) is 13.1. The molecule has 0 atom stereocenters. The summed E-state index contributed by atoms with van der Waals surface area (Å²) in [6.07, 6.45) is 3.48. The van der Waals surface area contributed by atoms with Crippen molar-refractivity contribution in [2.75, 3.05) is 11.4 Å². The number of aromatic nitrogens is 1. The molecule has 3 aromatic rings. The Balaban J connectivity index is 1.41. The summed E-state index contributed by atoms with van der Waals surface area (Å²) >= 11 is 5.90. The van der Waals surface area contributed by atoms with E-state index in [9.17, 15) is 4.79 Å². The lowest BCUT2D eigenvalue weighted by molar-refractivity contribution is -0.118. The molecule has 0 spiro atoms. The van der Waals surface area contributed by atoms with Gasteiger partial charge in [-0.25, -0.2) is 4.98 Å². The van der Waals surface area contributed by atoms with Crippen molar-refractivity contribution in [1.29, 1.82) is 0 Å². The first kappa shape index (κ1) is 15.9. The van der Waals surface area contributed by atoms with Gasteiger partial charge in [-0.1, -0.05) is 29.8 Å². The molecule has 1 aliphatic rings. The number of carbonyl (C=O) groups excluding carboxylic acids is 1. The third-order valence-corrected chi connectivity index (χ3v) is 4.68. The van der Waals surface area contributed by atoms with Gasteiger partial charge in [-0.15, -0.1) is 0 Å². The number of hydrogen-bond acceptors (Lipinski definition) is 3. The largest absolute Gasteiger partial charge is 0.441 e. The van der Waals surface area contributed by atoms with Crippen molar-refractivity contribution in [2.24, 2.45) is 0 Å². The molecule has 126 valence electrons. The van der Waals surface area contributed by atoms with Gasteiger partial charge < -0.3 is 9.32 Å². The number of benzene rings is 2. The standard InChI is InChI=1S/C20H17ClN2O2/c21-16-7-5-15(6-8-16)18-13-22-19(25-18)9-10-20(24)23-12-11-14-3-1-2-4-17(14)23/h1-8,13H,9-12H2. The molecule has 0 bridgehead atoms. The van der Waals surface area contributed by atoms with Crippen LogP contribution in [0.2, 0.25) is 5.02 Å². The highest BCUT2D eigenvalue weighted by atomic mass is 35.5. The topological polar surface area (TPSA) is 46.3 Å². The monoisotopic (exact) mass is 352 g/mol. The summed E-state index contributed by atoms with van der Waals surface area (Å²) in [6.45, 7) is 0.750. The fourth-order valence-corrected chi connectivity index (χ4v) is 3.25. The van der Waals surface area contributed by atoms with Gasteiger partial charge in [0.2, 0.25) is 5.91 Å². The van der Waals surface area contributed by atoms with E-state index in [4.69, 9.17) is 16.0 Å². The second-order valence-corrected chi connectivity index (χ2v) is 6.49. The number of halogens is 1.